The van der Waals surface area contributed by atoms with Gasteiger partial charge in [-0.15, -0.1) is 0 Å². The van der Waals surface area contributed by atoms with Gasteiger partial charge in [0.2, 0.25) is 0 Å². The monoisotopic (exact) mass is 230 g/mol. The van der Waals surface area contributed by atoms with Crippen LogP contribution in [0.4, 0.5) is 0 Å². The molecule has 0 spiro atoms. The van der Waals surface area contributed by atoms with Crippen LogP contribution in [0.5, 0.6) is 0 Å². The van der Waals surface area contributed by atoms with Crippen LogP contribution in [0.15, 0.2) is 0 Å². The highest BCUT2D eigenvalue weighted by Gasteiger charge is 2.45. The lowest BCUT2D eigenvalue weighted by molar-refractivity contribution is -0.157. The molecule has 0 aromatic heterocycles. The summed E-state index contributed by atoms with van der Waals surface area (Å²) in [4.78, 5) is 22.5. The summed E-state index contributed by atoms with van der Waals surface area (Å²) in [6, 6.07) is -0.639. The van der Waals surface area contributed by atoms with Gasteiger partial charge in [-0.2, -0.15) is 0 Å². The van der Waals surface area contributed by atoms with E-state index in [4.69, 9.17) is 15.6 Å². The molecule has 1 aliphatic heterocycles. The van der Waals surface area contributed by atoms with Gasteiger partial charge >= 0.3 is 11.9 Å². The lowest BCUT2D eigenvalue weighted by Gasteiger charge is -2.22. The highest BCUT2D eigenvalue weighted by atomic mass is 16.6. The van der Waals surface area contributed by atoms with Crippen molar-refractivity contribution in [2.24, 2.45) is 5.73 Å². The van der Waals surface area contributed by atoms with E-state index in [1.165, 1.54) is 0 Å². The van der Waals surface area contributed by atoms with Crippen molar-refractivity contribution < 1.29 is 19.4 Å². The highest BCUT2D eigenvalue weighted by Crippen LogP contribution is 2.19. The summed E-state index contributed by atoms with van der Waals surface area (Å²) >= 11 is 0. The van der Waals surface area contributed by atoms with Crippen molar-refractivity contribution in [2.75, 3.05) is 6.54 Å². The van der Waals surface area contributed by atoms with E-state index in [0.717, 1.165) is 0 Å². The van der Waals surface area contributed by atoms with Crippen LogP contribution in [0.2, 0.25) is 0 Å². The Hall–Kier alpha value is -1.14. The van der Waals surface area contributed by atoms with E-state index in [1.807, 2.05) is 0 Å². The second kappa shape index (κ2) is 4.03. The molecular weight excluding hydrogens is 212 g/mol. The Labute approximate surface area is 94.1 Å². The summed E-state index contributed by atoms with van der Waals surface area (Å²) in [5.74, 6) is -1.56. The number of carboxylic acid groups (broad SMARTS) is 1. The van der Waals surface area contributed by atoms with Crippen LogP contribution in [0, 0.1) is 0 Å². The SMILES string of the molecule is CC(C)(C)OC(=O)C1CC(N)(C(=O)O)CN1. The van der Waals surface area contributed by atoms with Gasteiger partial charge in [0.05, 0.1) is 0 Å². The van der Waals surface area contributed by atoms with Crippen molar-refractivity contribution in [3.05, 3.63) is 0 Å². The molecule has 1 aliphatic rings. The number of esters is 1. The van der Waals surface area contributed by atoms with E-state index in [2.05, 4.69) is 5.32 Å². The number of aliphatic carboxylic acids is 1. The minimum Gasteiger partial charge on any atom is -0.480 e. The predicted molar refractivity (Wildman–Crippen MR) is 56.8 cm³/mol. The zero-order chi connectivity index (χ0) is 12.6. The number of nitrogens with one attached hydrogen (secondary N) is 1. The predicted octanol–water partition coefficient (Wildman–Crippen LogP) is -0.528. The minimum atomic E-state index is -1.37. The largest absolute Gasteiger partial charge is 0.480 e. The fourth-order valence-electron chi connectivity index (χ4n) is 1.52. The van der Waals surface area contributed by atoms with Gasteiger partial charge in [-0.3, -0.25) is 9.59 Å². The van der Waals surface area contributed by atoms with Crippen molar-refractivity contribution in [1.29, 1.82) is 0 Å². The van der Waals surface area contributed by atoms with Crippen molar-refractivity contribution in [2.45, 2.75) is 44.4 Å². The van der Waals surface area contributed by atoms with E-state index < -0.39 is 29.1 Å². The third kappa shape index (κ3) is 2.93. The van der Waals surface area contributed by atoms with Gasteiger partial charge in [0.25, 0.3) is 0 Å². The maximum atomic E-state index is 11.6. The molecule has 0 aromatic carbocycles. The Kier molecular flexibility index (Phi) is 3.25. The van der Waals surface area contributed by atoms with Crippen LogP contribution in [0.1, 0.15) is 27.2 Å². The van der Waals surface area contributed by atoms with Crippen LogP contribution in [-0.4, -0.2) is 40.8 Å². The van der Waals surface area contributed by atoms with E-state index in [0.29, 0.717) is 0 Å². The Morgan fingerprint density at radius 2 is 2.06 bits per heavy atom. The van der Waals surface area contributed by atoms with Gasteiger partial charge in [0.1, 0.15) is 17.2 Å². The molecule has 2 atom stereocenters. The van der Waals surface area contributed by atoms with Crippen molar-refractivity contribution in [1.82, 2.24) is 5.32 Å². The Morgan fingerprint density at radius 3 is 2.44 bits per heavy atom. The standard InChI is InChI=1S/C10H18N2O4/c1-9(2,3)16-7(13)6-4-10(11,5-12-6)8(14)15/h6,12H,4-5,11H2,1-3H3,(H,14,15). The fraction of sp³-hybridized carbons (Fsp3) is 0.800. The lowest BCUT2D eigenvalue weighted by Crippen LogP contribution is -2.49. The maximum absolute atomic E-state index is 11.6. The van der Waals surface area contributed by atoms with E-state index in [-0.39, 0.29) is 13.0 Å². The smallest absolute Gasteiger partial charge is 0.325 e. The molecule has 0 amide bonds. The van der Waals surface area contributed by atoms with Crippen molar-refractivity contribution >= 4 is 11.9 Å². The zero-order valence-corrected chi connectivity index (χ0v) is 9.74. The molecule has 0 aromatic rings. The molecule has 1 rings (SSSR count). The molecule has 92 valence electrons. The van der Waals surface area contributed by atoms with Gasteiger partial charge in [0.15, 0.2) is 0 Å². The second-order valence-corrected chi connectivity index (χ2v) is 5.13. The number of carbonyl (C=O) groups excluding carboxylic acids is 1. The molecule has 0 saturated carbocycles. The summed E-state index contributed by atoms with van der Waals surface area (Å²) < 4.78 is 5.14. The summed E-state index contributed by atoms with van der Waals surface area (Å²) in [6.07, 6.45) is 0.0528. The average molecular weight is 230 g/mol. The van der Waals surface area contributed by atoms with Crippen LogP contribution >= 0.6 is 0 Å². The Balaban J connectivity index is 2.60. The first-order valence-corrected chi connectivity index (χ1v) is 5.13. The minimum absolute atomic E-state index is 0.0528. The van der Waals surface area contributed by atoms with Crippen LogP contribution in [0.3, 0.4) is 0 Å². The molecule has 1 fully saturated rings. The maximum Gasteiger partial charge on any atom is 0.325 e. The number of carboxylic acids is 1. The molecule has 1 heterocycles. The molecule has 6 heteroatoms. The van der Waals surface area contributed by atoms with Gasteiger partial charge in [-0.25, -0.2) is 0 Å². The number of nitrogens with two attached hydrogens (primary N) is 1. The quantitative estimate of drug-likeness (QED) is 0.551. The van der Waals surface area contributed by atoms with Gasteiger partial charge < -0.3 is 20.9 Å². The number of ether oxygens (including phenoxy) is 1. The molecule has 6 nitrogen and oxygen atoms in total. The summed E-state index contributed by atoms with van der Waals surface area (Å²) in [6.45, 7) is 5.35. The van der Waals surface area contributed by atoms with Gasteiger partial charge in [0, 0.05) is 13.0 Å². The van der Waals surface area contributed by atoms with E-state index in [9.17, 15) is 9.59 Å². The molecular formula is C10H18N2O4. The summed E-state index contributed by atoms with van der Waals surface area (Å²) in [5, 5.41) is 11.7. The summed E-state index contributed by atoms with van der Waals surface area (Å²) in [7, 11) is 0. The van der Waals surface area contributed by atoms with E-state index >= 15 is 0 Å². The average Bonchev–Trinajstić information content (AvgIpc) is 2.46. The Morgan fingerprint density at radius 1 is 1.50 bits per heavy atom. The number of carbonyl (C=O) groups is 2. The van der Waals surface area contributed by atoms with Crippen molar-refractivity contribution in [3.63, 3.8) is 0 Å². The number of hydrogen-bond acceptors (Lipinski definition) is 5. The Bertz CT molecular complexity index is 310. The highest BCUT2D eigenvalue weighted by molar-refractivity contribution is 5.84. The first-order chi connectivity index (χ1) is 7.14. The molecule has 1 saturated heterocycles. The van der Waals surface area contributed by atoms with E-state index in [1.54, 1.807) is 20.8 Å². The second-order valence-electron chi connectivity index (χ2n) is 5.13. The first-order valence-electron chi connectivity index (χ1n) is 5.13. The van der Waals surface area contributed by atoms with Gasteiger partial charge in [-0.1, -0.05) is 0 Å². The number of hydrogen-bond donors (Lipinski definition) is 3. The van der Waals surface area contributed by atoms with Gasteiger partial charge in [-0.05, 0) is 20.8 Å². The molecule has 2 unspecified atom stereocenters. The molecule has 0 aliphatic carbocycles. The normalized spacial score (nSPS) is 30.1. The first kappa shape index (κ1) is 12.9. The topological polar surface area (TPSA) is 102 Å². The van der Waals surface area contributed by atoms with Crippen molar-refractivity contribution in [3.8, 4) is 0 Å². The van der Waals surface area contributed by atoms with Crippen LogP contribution < -0.4 is 11.1 Å². The molecule has 4 N–H and O–H groups in total. The molecule has 0 radical (unpaired) electrons. The summed E-state index contributed by atoms with van der Waals surface area (Å²) in [5.41, 5.74) is 3.67. The van der Waals surface area contributed by atoms with Crippen LogP contribution in [-0.2, 0) is 14.3 Å². The number of rotatable bonds is 2. The molecule has 16 heavy (non-hydrogen) atoms. The molecule has 0 bridgehead atoms. The lowest BCUT2D eigenvalue weighted by atomic mass is 9.97. The zero-order valence-electron chi connectivity index (χ0n) is 9.74. The fourth-order valence-corrected chi connectivity index (χ4v) is 1.52. The third-order valence-electron chi connectivity index (χ3n) is 2.35. The van der Waals surface area contributed by atoms with Crippen LogP contribution in [0.25, 0.3) is 0 Å². The third-order valence-corrected chi connectivity index (χ3v) is 2.35.